The molecule has 1 aliphatic rings. The summed E-state index contributed by atoms with van der Waals surface area (Å²) >= 11 is 0. The number of aromatic amines is 1. The molecule has 0 atom stereocenters. The van der Waals surface area contributed by atoms with Crippen LogP contribution in [0.5, 0.6) is 5.88 Å². The topological polar surface area (TPSA) is 93.9 Å². The van der Waals surface area contributed by atoms with Gasteiger partial charge in [0.1, 0.15) is 18.0 Å². The van der Waals surface area contributed by atoms with Gasteiger partial charge in [-0.2, -0.15) is 4.98 Å². The zero-order valence-corrected chi connectivity index (χ0v) is 22.0. The predicted molar refractivity (Wildman–Crippen MR) is 147 cm³/mol. The molecule has 0 amide bonds. The molecule has 0 unspecified atom stereocenters. The fourth-order valence-corrected chi connectivity index (χ4v) is 5.66. The highest BCUT2D eigenvalue weighted by atomic mass is 19.1. The first-order valence-electron chi connectivity index (χ1n) is 13.5. The van der Waals surface area contributed by atoms with Gasteiger partial charge in [-0.05, 0) is 74.6 Å². The van der Waals surface area contributed by atoms with E-state index in [2.05, 4.69) is 24.4 Å². The van der Waals surface area contributed by atoms with Crippen molar-refractivity contribution in [2.45, 2.75) is 38.8 Å². The molecule has 10 heteroatoms. The molecular weight excluding hydrogens is 497 g/mol. The summed E-state index contributed by atoms with van der Waals surface area (Å²) in [7, 11) is 1.59. The molecule has 1 aliphatic heterocycles. The lowest BCUT2D eigenvalue weighted by molar-refractivity contribution is 0.178. The molecule has 0 bridgehead atoms. The standard InChI is InChI=1S/C29H32FN7O2/c1-39-28-26-27(31-19-32-28)37(18-21-7-9-22(30)10-8-21)25(34-26)17-20-11-15-35(16-12-20)13-4-14-36-24-6-3-2-5-23(24)33-29(36)38/h2-3,5-10,19-20H,4,11-18H2,1H3,(H,33,38). The van der Waals surface area contributed by atoms with Crippen LogP contribution in [-0.4, -0.2) is 60.7 Å². The van der Waals surface area contributed by atoms with Crippen molar-refractivity contribution < 1.29 is 9.13 Å². The van der Waals surface area contributed by atoms with E-state index in [1.165, 1.54) is 18.5 Å². The summed E-state index contributed by atoms with van der Waals surface area (Å²) in [5.41, 5.74) is 4.18. The number of benzene rings is 2. The number of hydrogen-bond acceptors (Lipinski definition) is 6. The van der Waals surface area contributed by atoms with Gasteiger partial charge >= 0.3 is 5.69 Å². The lowest BCUT2D eigenvalue weighted by Gasteiger charge is -2.32. The minimum Gasteiger partial charge on any atom is -0.479 e. The Balaban J connectivity index is 1.10. The maximum absolute atomic E-state index is 13.5. The molecule has 1 fully saturated rings. The second-order valence-electron chi connectivity index (χ2n) is 10.2. The fraction of sp³-hybridized carbons (Fsp3) is 0.379. The average molecular weight is 530 g/mol. The van der Waals surface area contributed by atoms with Gasteiger partial charge in [-0.15, -0.1) is 0 Å². The van der Waals surface area contributed by atoms with Gasteiger partial charge in [-0.3, -0.25) is 4.57 Å². The molecule has 2 aromatic carbocycles. The molecule has 6 rings (SSSR count). The number of para-hydroxylation sites is 2. The molecule has 39 heavy (non-hydrogen) atoms. The Morgan fingerprint density at radius 1 is 1.03 bits per heavy atom. The number of fused-ring (bicyclic) bond motifs is 2. The van der Waals surface area contributed by atoms with Crippen molar-refractivity contribution in [2.75, 3.05) is 26.7 Å². The van der Waals surface area contributed by atoms with Crippen LogP contribution in [0, 0.1) is 11.7 Å². The summed E-state index contributed by atoms with van der Waals surface area (Å²) in [6, 6.07) is 14.4. The highest BCUT2D eigenvalue weighted by molar-refractivity contribution is 5.77. The Hall–Kier alpha value is -4.05. The molecule has 0 aliphatic carbocycles. The summed E-state index contributed by atoms with van der Waals surface area (Å²) in [6.45, 7) is 4.27. The average Bonchev–Trinajstić information content (AvgIpc) is 3.47. The Kier molecular flexibility index (Phi) is 7.10. The summed E-state index contributed by atoms with van der Waals surface area (Å²) in [4.78, 5) is 31.4. The van der Waals surface area contributed by atoms with Gasteiger partial charge in [0.25, 0.3) is 0 Å². The number of nitrogens with one attached hydrogen (secondary N) is 1. The smallest absolute Gasteiger partial charge is 0.326 e. The fourth-order valence-electron chi connectivity index (χ4n) is 5.66. The van der Waals surface area contributed by atoms with Crippen LogP contribution in [0.25, 0.3) is 22.2 Å². The maximum Gasteiger partial charge on any atom is 0.326 e. The lowest BCUT2D eigenvalue weighted by atomic mass is 9.93. The maximum atomic E-state index is 13.5. The molecule has 5 aromatic rings. The Bertz CT molecular complexity index is 1630. The van der Waals surface area contributed by atoms with E-state index in [9.17, 15) is 9.18 Å². The van der Waals surface area contributed by atoms with Crippen molar-refractivity contribution in [3.63, 3.8) is 0 Å². The van der Waals surface area contributed by atoms with Crippen LogP contribution in [0.2, 0.25) is 0 Å². The van der Waals surface area contributed by atoms with E-state index >= 15 is 0 Å². The van der Waals surface area contributed by atoms with Crippen molar-refractivity contribution in [2.24, 2.45) is 5.92 Å². The highest BCUT2D eigenvalue weighted by Crippen LogP contribution is 2.27. The number of aryl methyl sites for hydroxylation is 1. The molecule has 0 saturated carbocycles. The zero-order chi connectivity index (χ0) is 26.8. The van der Waals surface area contributed by atoms with Gasteiger partial charge in [-0.25, -0.2) is 19.2 Å². The number of likely N-dealkylation sites (tertiary alicyclic amines) is 1. The van der Waals surface area contributed by atoms with Crippen LogP contribution in [0.3, 0.4) is 0 Å². The Morgan fingerprint density at radius 2 is 1.82 bits per heavy atom. The number of hydrogen-bond donors (Lipinski definition) is 1. The minimum absolute atomic E-state index is 0.0419. The number of halogens is 1. The highest BCUT2D eigenvalue weighted by Gasteiger charge is 2.24. The third-order valence-corrected chi connectivity index (χ3v) is 7.74. The van der Waals surface area contributed by atoms with Gasteiger partial charge in [-0.1, -0.05) is 24.3 Å². The third kappa shape index (κ3) is 5.29. The molecule has 1 saturated heterocycles. The Morgan fingerprint density at radius 3 is 2.62 bits per heavy atom. The third-order valence-electron chi connectivity index (χ3n) is 7.74. The molecule has 1 N–H and O–H groups in total. The van der Waals surface area contributed by atoms with E-state index in [0.29, 0.717) is 30.4 Å². The summed E-state index contributed by atoms with van der Waals surface area (Å²) in [6.07, 6.45) is 5.42. The van der Waals surface area contributed by atoms with Crippen molar-refractivity contribution in [1.82, 2.24) is 34.0 Å². The summed E-state index contributed by atoms with van der Waals surface area (Å²) in [5, 5.41) is 0. The van der Waals surface area contributed by atoms with Crippen molar-refractivity contribution in [1.29, 1.82) is 0 Å². The number of ether oxygens (including phenoxy) is 1. The van der Waals surface area contributed by atoms with Crippen LogP contribution in [0.1, 0.15) is 30.7 Å². The van der Waals surface area contributed by atoms with Crippen molar-refractivity contribution in [3.05, 3.63) is 82.5 Å². The van der Waals surface area contributed by atoms with Gasteiger partial charge < -0.3 is 19.2 Å². The molecule has 0 spiro atoms. The van der Waals surface area contributed by atoms with E-state index in [-0.39, 0.29) is 11.5 Å². The number of imidazole rings is 2. The van der Waals surface area contributed by atoms with Crippen LogP contribution < -0.4 is 10.4 Å². The number of aromatic nitrogens is 6. The molecule has 4 heterocycles. The van der Waals surface area contributed by atoms with Gasteiger partial charge in [0.2, 0.25) is 5.88 Å². The largest absolute Gasteiger partial charge is 0.479 e. The lowest BCUT2D eigenvalue weighted by Crippen LogP contribution is -2.36. The molecule has 202 valence electrons. The second-order valence-corrected chi connectivity index (χ2v) is 10.2. The summed E-state index contributed by atoms with van der Waals surface area (Å²) in [5.74, 6) is 1.66. The normalized spacial score (nSPS) is 14.9. The van der Waals surface area contributed by atoms with Crippen molar-refractivity contribution in [3.8, 4) is 5.88 Å². The van der Waals surface area contributed by atoms with E-state index in [1.54, 1.807) is 19.2 Å². The van der Waals surface area contributed by atoms with E-state index < -0.39 is 0 Å². The monoisotopic (exact) mass is 529 g/mol. The number of rotatable bonds is 9. The molecular formula is C29H32FN7O2. The first-order chi connectivity index (χ1) is 19.1. The summed E-state index contributed by atoms with van der Waals surface area (Å²) < 4.78 is 22.9. The molecule has 3 aromatic heterocycles. The van der Waals surface area contributed by atoms with Gasteiger partial charge in [0.05, 0.1) is 24.7 Å². The first kappa shape index (κ1) is 25.2. The van der Waals surface area contributed by atoms with E-state index in [4.69, 9.17) is 9.72 Å². The predicted octanol–water partition coefficient (Wildman–Crippen LogP) is 4.01. The molecule has 0 radical (unpaired) electrons. The van der Waals surface area contributed by atoms with Gasteiger partial charge in [0, 0.05) is 13.0 Å². The van der Waals surface area contributed by atoms with E-state index in [0.717, 1.165) is 73.4 Å². The van der Waals surface area contributed by atoms with Crippen LogP contribution in [0.15, 0.2) is 59.7 Å². The van der Waals surface area contributed by atoms with Crippen LogP contribution in [-0.2, 0) is 19.5 Å². The number of nitrogens with zero attached hydrogens (tertiary/aromatic N) is 6. The number of H-pyrrole nitrogens is 1. The second kappa shape index (κ2) is 11.0. The number of methoxy groups -OCH3 is 1. The van der Waals surface area contributed by atoms with Crippen LogP contribution >= 0.6 is 0 Å². The zero-order valence-electron chi connectivity index (χ0n) is 22.0. The van der Waals surface area contributed by atoms with Crippen molar-refractivity contribution >= 4 is 22.2 Å². The van der Waals surface area contributed by atoms with Crippen LogP contribution in [0.4, 0.5) is 4.39 Å². The SMILES string of the molecule is COc1ncnc2c1nc(CC1CCN(CCCn3c(=O)[nH]c4ccccc43)CC1)n2Cc1ccc(F)cc1. The molecule has 9 nitrogen and oxygen atoms in total. The van der Waals surface area contributed by atoms with Gasteiger partial charge in [0.15, 0.2) is 11.2 Å². The minimum atomic E-state index is -0.251. The number of piperidine rings is 1. The van der Waals surface area contributed by atoms with E-state index in [1.807, 2.05) is 28.8 Å². The first-order valence-corrected chi connectivity index (χ1v) is 13.5. The quantitative estimate of drug-likeness (QED) is 0.310. The Labute approximate surface area is 225 Å².